The first kappa shape index (κ1) is 15.7. The Hall–Kier alpha value is -2.31. The molecule has 0 aromatic carbocycles. The molecule has 0 radical (unpaired) electrons. The average molecular weight is 282 g/mol. The van der Waals surface area contributed by atoms with Crippen molar-refractivity contribution in [2.45, 2.75) is 32.2 Å². The van der Waals surface area contributed by atoms with Gasteiger partial charge in [-0.1, -0.05) is 13.3 Å². The number of hydrogen-bond donors (Lipinski definition) is 3. The molecule has 0 unspecified atom stereocenters. The van der Waals surface area contributed by atoms with Gasteiger partial charge in [0.25, 0.3) is 5.91 Å². The lowest BCUT2D eigenvalue weighted by Gasteiger charge is -2.13. The maximum absolute atomic E-state index is 11.6. The number of nitrogens with one attached hydrogen (secondary N) is 2. The first-order valence-electron chi connectivity index (χ1n) is 6.37. The van der Waals surface area contributed by atoms with Crippen LogP contribution in [0.2, 0.25) is 0 Å². The summed E-state index contributed by atoms with van der Waals surface area (Å²) in [5, 5.41) is 13.9. The zero-order valence-corrected chi connectivity index (χ0v) is 11.2. The van der Waals surface area contributed by atoms with Crippen molar-refractivity contribution in [2.75, 3.05) is 6.54 Å². The zero-order chi connectivity index (χ0) is 15.0. The molecule has 1 aromatic heterocycles. The minimum absolute atomic E-state index is 0.0249. The van der Waals surface area contributed by atoms with Gasteiger partial charge in [0, 0.05) is 13.0 Å². The van der Waals surface area contributed by atoms with Crippen molar-refractivity contribution in [3.63, 3.8) is 0 Å². The van der Waals surface area contributed by atoms with Crippen LogP contribution in [0.4, 0.5) is 0 Å². The second-order valence-corrected chi connectivity index (χ2v) is 4.26. The van der Waals surface area contributed by atoms with Crippen molar-refractivity contribution in [1.29, 1.82) is 0 Å². The quantitative estimate of drug-likeness (QED) is 0.652. The van der Waals surface area contributed by atoms with E-state index in [-0.39, 0.29) is 18.9 Å². The Bertz CT molecular complexity index is 455. The van der Waals surface area contributed by atoms with Crippen LogP contribution in [0, 0.1) is 0 Å². The van der Waals surface area contributed by atoms with E-state index in [0.29, 0.717) is 18.4 Å². The van der Waals surface area contributed by atoms with Crippen LogP contribution in [-0.2, 0) is 9.59 Å². The Balaban J connectivity index is 2.29. The summed E-state index contributed by atoms with van der Waals surface area (Å²) in [5.41, 5.74) is 0.375. The Morgan fingerprint density at radius 2 is 2.15 bits per heavy atom. The predicted octanol–water partition coefficient (Wildman–Crippen LogP) is 0.769. The van der Waals surface area contributed by atoms with E-state index in [0.717, 1.165) is 0 Å². The van der Waals surface area contributed by atoms with Crippen LogP contribution in [0.15, 0.2) is 23.0 Å². The Morgan fingerprint density at radius 3 is 2.70 bits per heavy atom. The van der Waals surface area contributed by atoms with E-state index < -0.39 is 17.9 Å². The van der Waals surface area contributed by atoms with Crippen molar-refractivity contribution in [3.05, 3.63) is 24.2 Å². The first-order chi connectivity index (χ1) is 9.54. The van der Waals surface area contributed by atoms with Crippen LogP contribution in [0.3, 0.4) is 0 Å². The van der Waals surface area contributed by atoms with E-state index in [1.165, 1.54) is 18.6 Å². The summed E-state index contributed by atoms with van der Waals surface area (Å²) in [5.74, 6) is -1.80. The molecule has 0 bridgehead atoms. The number of rotatable bonds is 8. The van der Waals surface area contributed by atoms with Gasteiger partial charge in [0.05, 0.1) is 11.8 Å². The molecule has 110 valence electrons. The van der Waals surface area contributed by atoms with Gasteiger partial charge in [0.2, 0.25) is 5.91 Å². The molecular formula is C13H18N2O5. The summed E-state index contributed by atoms with van der Waals surface area (Å²) in [4.78, 5) is 33.9. The van der Waals surface area contributed by atoms with Crippen molar-refractivity contribution in [3.8, 4) is 0 Å². The molecule has 3 N–H and O–H groups in total. The third-order valence-electron chi connectivity index (χ3n) is 2.63. The first-order valence-corrected chi connectivity index (χ1v) is 6.37. The molecule has 1 rings (SSSR count). The standard InChI is InChI=1S/C13H18N2O5/c1-2-3-10(13(18)19)15-11(16)4-6-14-12(17)9-5-7-20-8-9/h5,7-8,10H,2-4,6H2,1H3,(H,14,17)(H,15,16)(H,18,19)/t10-/m1/s1. The maximum Gasteiger partial charge on any atom is 0.326 e. The molecule has 1 aromatic rings. The van der Waals surface area contributed by atoms with Crippen LogP contribution >= 0.6 is 0 Å². The summed E-state index contributed by atoms with van der Waals surface area (Å²) in [7, 11) is 0. The largest absolute Gasteiger partial charge is 0.480 e. The fourth-order valence-electron chi connectivity index (χ4n) is 1.60. The van der Waals surface area contributed by atoms with Gasteiger partial charge < -0.3 is 20.2 Å². The van der Waals surface area contributed by atoms with Crippen molar-refractivity contribution in [2.24, 2.45) is 0 Å². The van der Waals surface area contributed by atoms with Crippen LogP contribution in [0.25, 0.3) is 0 Å². The average Bonchev–Trinajstić information content (AvgIpc) is 2.91. The lowest BCUT2D eigenvalue weighted by Crippen LogP contribution is -2.41. The molecule has 0 spiro atoms. The number of carboxylic acid groups (broad SMARTS) is 1. The number of carbonyl (C=O) groups is 3. The molecule has 1 atom stereocenters. The summed E-state index contributed by atoms with van der Waals surface area (Å²) in [6.45, 7) is 1.97. The van der Waals surface area contributed by atoms with Gasteiger partial charge in [-0.25, -0.2) is 4.79 Å². The molecule has 7 nitrogen and oxygen atoms in total. The summed E-state index contributed by atoms with van der Waals surface area (Å²) < 4.78 is 4.76. The molecule has 0 aliphatic carbocycles. The highest BCUT2D eigenvalue weighted by atomic mass is 16.4. The van der Waals surface area contributed by atoms with Crippen molar-refractivity contribution < 1.29 is 23.9 Å². The topological polar surface area (TPSA) is 109 Å². The molecule has 0 aliphatic rings. The number of aliphatic carboxylic acids is 1. The second-order valence-electron chi connectivity index (χ2n) is 4.26. The minimum Gasteiger partial charge on any atom is -0.480 e. The zero-order valence-electron chi connectivity index (χ0n) is 11.2. The second kappa shape index (κ2) is 7.98. The van der Waals surface area contributed by atoms with E-state index in [1.54, 1.807) is 0 Å². The van der Waals surface area contributed by atoms with E-state index in [9.17, 15) is 14.4 Å². The molecule has 1 heterocycles. The molecule has 0 saturated carbocycles. The van der Waals surface area contributed by atoms with Gasteiger partial charge in [-0.3, -0.25) is 9.59 Å². The van der Waals surface area contributed by atoms with Crippen LogP contribution in [0.5, 0.6) is 0 Å². The lowest BCUT2D eigenvalue weighted by molar-refractivity contribution is -0.142. The van der Waals surface area contributed by atoms with Crippen LogP contribution in [-0.4, -0.2) is 35.5 Å². The highest BCUT2D eigenvalue weighted by Crippen LogP contribution is 1.99. The lowest BCUT2D eigenvalue weighted by atomic mass is 10.1. The number of carboxylic acids is 1. The van der Waals surface area contributed by atoms with Gasteiger partial charge >= 0.3 is 5.97 Å². The number of hydrogen-bond acceptors (Lipinski definition) is 4. The SMILES string of the molecule is CCC[C@@H](NC(=O)CCNC(=O)c1ccoc1)C(=O)O. The van der Waals surface area contributed by atoms with E-state index in [2.05, 4.69) is 10.6 Å². The monoisotopic (exact) mass is 282 g/mol. The summed E-state index contributed by atoms with van der Waals surface area (Å²) in [6.07, 6.45) is 3.74. The van der Waals surface area contributed by atoms with Crippen LogP contribution < -0.4 is 10.6 Å². The Kier molecular flexibility index (Phi) is 6.28. The molecule has 7 heteroatoms. The van der Waals surface area contributed by atoms with E-state index >= 15 is 0 Å². The molecule has 2 amide bonds. The van der Waals surface area contributed by atoms with Crippen molar-refractivity contribution >= 4 is 17.8 Å². The predicted molar refractivity (Wildman–Crippen MR) is 70.1 cm³/mol. The normalized spacial score (nSPS) is 11.7. The fourth-order valence-corrected chi connectivity index (χ4v) is 1.60. The van der Waals surface area contributed by atoms with Gasteiger partial charge in [-0.15, -0.1) is 0 Å². The van der Waals surface area contributed by atoms with Gasteiger partial charge in [0.15, 0.2) is 0 Å². The Labute approximate surface area is 116 Å². The third-order valence-corrected chi connectivity index (χ3v) is 2.63. The third kappa shape index (κ3) is 5.13. The molecule has 0 aliphatic heterocycles. The fraction of sp³-hybridized carbons (Fsp3) is 0.462. The van der Waals surface area contributed by atoms with Gasteiger partial charge in [-0.05, 0) is 12.5 Å². The molecule has 0 saturated heterocycles. The van der Waals surface area contributed by atoms with Gasteiger partial charge in [0.1, 0.15) is 12.3 Å². The number of amides is 2. The molecule has 0 fully saturated rings. The van der Waals surface area contributed by atoms with E-state index in [4.69, 9.17) is 9.52 Å². The van der Waals surface area contributed by atoms with Crippen molar-refractivity contribution in [1.82, 2.24) is 10.6 Å². The summed E-state index contributed by atoms with van der Waals surface area (Å²) >= 11 is 0. The molecular weight excluding hydrogens is 264 g/mol. The van der Waals surface area contributed by atoms with Gasteiger partial charge in [-0.2, -0.15) is 0 Å². The Morgan fingerprint density at radius 1 is 1.40 bits per heavy atom. The molecule has 20 heavy (non-hydrogen) atoms. The van der Waals surface area contributed by atoms with E-state index in [1.807, 2.05) is 6.92 Å². The number of furan rings is 1. The minimum atomic E-state index is -1.05. The number of carbonyl (C=O) groups excluding carboxylic acids is 2. The highest BCUT2D eigenvalue weighted by Gasteiger charge is 2.18. The van der Waals surface area contributed by atoms with Crippen LogP contribution in [0.1, 0.15) is 36.5 Å². The smallest absolute Gasteiger partial charge is 0.326 e. The summed E-state index contributed by atoms with van der Waals surface area (Å²) in [6, 6.07) is 0.633. The maximum atomic E-state index is 11.6. The highest BCUT2D eigenvalue weighted by molar-refractivity contribution is 5.94.